The molecular weight excluding hydrogens is 336 g/mol. The smallest absolute Gasteiger partial charge is 0.321 e. The number of aromatic nitrogens is 2. The van der Waals surface area contributed by atoms with Crippen molar-refractivity contribution in [2.45, 2.75) is 38.6 Å². The van der Waals surface area contributed by atoms with Crippen LogP contribution in [0.5, 0.6) is 0 Å². The van der Waals surface area contributed by atoms with E-state index in [2.05, 4.69) is 40.8 Å². The average Bonchev–Trinajstić information content (AvgIpc) is 3.19. The molecule has 3 aromatic rings. The number of piperidine rings is 1. The van der Waals surface area contributed by atoms with Gasteiger partial charge in [-0.25, -0.2) is 9.78 Å². The van der Waals surface area contributed by atoms with Crippen LogP contribution in [0.4, 0.5) is 10.5 Å². The van der Waals surface area contributed by atoms with E-state index < -0.39 is 0 Å². The Morgan fingerprint density at radius 1 is 1.19 bits per heavy atom. The number of fused-ring (bicyclic) bond motifs is 1. The second-order valence-corrected chi connectivity index (χ2v) is 7.53. The van der Waals surface area contributed by atoms with Crippen molar-refractivity contribution in [2.24, 2.45) is 0 Å². The molecule has 0 bridgehead atoms. The molecule has 140 valence electrons. The van der Waals surface area contributed by atoms with Crippen LogP contribution in [0.25, 0.3) is 10.8 Å². The molecule has 1 saturated heterocycles. The summed E-state index contributed by atoms with van der Waals surface area (Å²) in [5, 5.41) is 5.31. The minimum atomic E-state index is -0.0290. The first-order valence-corrected chi connectivity index (χ1v) is 9.70. The number of rotatable bonds is 3. The summed E-state index contributed by atoms with van der Waals surface area (Å²) >= 11 is 0. The summed E-state index contributed by atoms with van der Waals surface area (Å²) in [7, 11) is 0. The van der Waals surface area contributed by atoms with Crippen molar-refractivity contribution in [2.75, 3.05) is 18.4 Å². The van der Waals surface area contributed by atoms with E-state index >= 15 is 0 Å². The number of likely N-dealkylation sites (tertiary alicyclic amines) is 1. The Labute approximate surface area is 160 Å². The molecular formula is C22H26N4O. The molecule has 5 heteroatoms. The Bertz CT molecular complexity index is 941. The van der Waals surface area contributed by atoms with E-state index in [0.717, 1.165) is 41.7 Å². The number of carbonyl (C=O) groups excluding carboxylic acids is 1. The Morgan fingerprint density at radius 2 is 2.00 bits per heavy atom. The van der Waals surface area contributed by atoms with E-state index in [4.69, 9.17) is 0 Å². The fraction of sp³-hybridized carbons (Fsp3) is 0.364. The molecule has 5 nitrogen and oxygen atoms in total. The molecule has 0 radical (unpaired) electrons. The summed E-state index contributed by atoms with van der Waals surface area (Å²) in [5.41, 5.74) is 0.865. The molecule has 1 fully saturated rings. The first-order chi connectivity index (χ1) is 13.1. The molecule has 0 saturated carbocycles. The quantitative estimate of drug-likeness (QED) is 0.710. The number of carbonyl (C=O) groups is 1. The minimum absolute atomic E-state index is 0.0290. The maximum atomic E-state index is 12.9. The molecule has 1 atom stereocenters. The first kappa shape index (κ1) is 17.6. The molecule has 2 amide bonds. The van der Waals surface area contributed by atoms with E-state index in [1.807, 2.05) is 47.6 Å². The summed E-state index contributed by atoms with van der Waals surface area (Å²) in [5.74, 6) is 1.38. The van der Waals surface area contributed by atoms with Gasteiger partial charge in [0.2, 0.25) is 0 Å². The number of amides is 2. The Hall–Kier alpha value is -2.82. The number of hydrogen-bond acceptors (Lipinski definition) is 2. The lowest BCUT2D eigenvalue weighted by atomic mass is 9.97. The van der Waals surface area contributed by atoms with Crippen molar-refractivity contribution in [3.05, 3.63) is 60.7 Å². The summed E-state index contributed by atoms with van der Waals surface area (Å²) < 4.78 is 2.22. The Kier molecular flexibility index (Phi) is 4.84. The standard InChI is InChI=1S/C22H26N4O/c1-16(2)26-14-12-23-21(26)18-9-6-13-25(15-18)22(27)24-20-11-5-8-17-7-3-4-10-19(17)20/h3-5,7-8,10-12,14,16,18H,6,9,13,15H2,1-2H3,(H,24,27)/t18-/m1/s1. The zero-order valence-corrected chi connectivity index (χ0v) is 15.9. The molecule has 2 aromatic carbocycles. The number of hydrogen-bond donors (Lipinski definition) is 1. The van der Waals surface area contributed by atoms with E-state index in [9.17, 15) is 4.79 Å². The van der Waals surface area contributed by atoms with E-state index in [0.29, 0.717) is 12.6 Å². The van der Waals surface area contributed by atoms with E-state index in [1.165, 1.54) is 0 Å². The molecule has 1 aromatic heterocycles. The van der Waals surface area contributed by atoms with Crippen LogP contribution in [0.1, 0.15) is 44.5 Å². The fourth-order valence-corrected chi connectivity index (χ4v) is 3.98. The van der Waals surface area contributed by atoms with Gasteiger partial charge in [-0.3, -0.25) is 0 Å². The van der Waals surface area contributed by atoms with Crippen molar-refractivity contribution < 1.29 is 4.79 Å². The van der Waals surface area contributed by atoms with E-state index in [-0.39, 0.29) is 11.9 Å². The van der Waals surface area contributed by atoms with Crippen molar-refractivity contribution >= 4 is 22.5 Å². The van der Waals surface area contributed by atoms with Gasteiger partial charge in [-0.2, -0.15) is 0 Å². The van der Waals surface area contributed by atoms with Gasteiger partial charge in [-0.1, -0.05) is 36.4 Å². The molecule has 27 heavy (non-hydrogen) atoms. The number of anilines is 1. The van der Waals surface area contributed by atoms with Gasteiger partial charge in [0.1, 0.15) is 5.82 Å². The third kappa shape index (κ3) is 3.54. The first-order valence-electron chi connectivity index (χ1n) is 9.70. The van der Waals surface area contributed by atoms with Crippen LogP contribution in [0, 0.1) is 0 Å². The normalized spacial score (nSPS) is 17.4. The highest BCUT2D eigenvalue weighted by molar-refractivity contribution is 6.01. The lowest BCUT2D eigenvalue weighted by Gasteiger charge is -2.33. The van der Waals surface area contributed by atoms with Crippen LogP contribution in [0.15, 0.2) is 54.9 Å². The van der Waals surface area contributed by atoms with Crippen molar-refractivity contribution in [1.29, 1.82) is 0 Å². The second kappa shape index (κ2) is 7.43. The number of benzene rings is 2. The third-order valence-corrected chi connectivity index (χ3v) is 5.36. The molecule has 1 aliphatic rings. The number of urea groups is 1. The summed E-state index contributed by atoms with van der Waals surface area (Å²) in [6, 6.07) is 14.5. The lowest BCUT2D eigenvalue weighted by Crippen LogP contribution is -2.42. The maximum Gasteiger partial charge on any atom is 0.321 e. The van der Waals surface area contributed by atoms with Crippen molar-refractivity contribution in [3.8, 4) is 0 Å². The zero-order chi connectivity index (χ0) is 18.8. The van der Waals surface area contributed by atoms with Gasteiger partial charge in [0.05, 0.1) is 5.69 Å². The number of imidazole rings is 1. The molecule has 1 aliphatic heterocycles. The molecule has 2 heterocycles. The van der Waals surface area contributed by atoms with Gasteiger partial charge in [-0.05, 0) is 38.1 Å². The molecule has 0 unspecified atom stereocenters. The van der Waals surface area contributed by atoms with Gasteiger partial charge in [0.15, 0.2) is 0 Å². The van der Waals surface area contributed by atoms with Crippen molar-refractivity contribution in [3.63, 3.8) is 0 Å². The largest absolute Gasteiger partial charge is 0.332 e. The second-order valence-electron chi connectivity index (χ2n) is 7.53. The van der Waals surface area contributed by atoms with Crippen LogP contribution in [-0.2, 0) is 0 Å². The van der Waals surface area contributed by atoms with E-state index in [1.54, 1.807) is 0 Å². The SMILES string of the molecule is CC(C)n1ccnc1[C@@H]1CCCN(C(=O)Nc2cccc3ccccc23)C1. The summed E-state index contributed by atoms with van der Waals surface area (Å²) in [6.07, 6.45) is 5.97. The highest BCUT2D eigenvalue weighted by Crippen LogP contribution is 2.29. The van der Waals surface area contributed by atoms with Gasteiger partial charge < -0.3 is 14.8 Å². The van der Waals surface area contributed by atoms with Crippen LogP contribution in [-0.4, -0.2) is 33.6 Å². The predicted octanol–water partition coefficient (Wildman–Crippen LogP) is 5.03. The zero-order valence-electron chi connectivity index (χ0n) is 15.9. The van der Waals surface area contributed by atoms with Crippen LogP contribution in [0.2, 0.25) is 0 Å². The fourth-order valence-electron chi connectivity index (χ4n) is 3.98. The van der Waals surface area contributed by atoms with Crippen LogP contribution < -0.4 is 5.32 Å². The van der Waals surface area contributed by atoms with Gasteiger partial charge in [0.25, 0.3) is 0 Å². The highest BCUT2D eigenvalue weighted by atomic mass is 16.2. The number of nitrogens with zero attached hydrogens (tertiary/aromatic N) is 3. The average molecular weight is 362 g/mol. The molecule has 0 spiro atoms. The minimum Gasteiger partial charge on any atom is -0.332 e. The molecule has 0 aliphatic carbocycles. The van der Waals surface area contributed by atoms with Crippen molar-refractivity contribution in [1.82, 2.24) is 14.5 Å². The number of nitrogens with one attached hydrogen (secondary N) is 1. The predicted molar refractivity (Wildman–Crippen MR) is 109 cm³/mol. The maximum absolute atomic E-state index is 12.9. The van der Waals surface area contributed by atoms with Crippen LogP contribution >= 0.6 is 0 Å². The van der Waals surface area contributed by atoms with Crippen LogP contribution in [0.3, 0.4) is 0 Å². The summed E-state index contributed by atoms with van der Waals surface area (Å²) in [6.45, 7) is 5.83. The Morgan fingerprint density at radius 3 is 2.85 bits per heavy atom. The third-order valence-electron chi connectivity index (χ3n) is 5.36. The highest BCUT2D eigenvalue weighted by Gasteiger charge is 2.28. The monoisotopic (exact) mass is 362 g/mol. The summed E-state index contributed by atoms with van der Waals surface area (Å²) in [4.78, 5) is 19.4. The van der Waals surface area contributed by atoms with Gasteiger partial charge in [0, 0.05) is 42.8 Å². The molecule has 1 N–H and O–H groups in total. The van der Waals surface area contributed by atoms with Gasteiger partial charge >= 0.3 is 6.03 Å². The lowest BCUT2D eigenvalue weighted by molar-refractivity contribution is 0.190. The Balaban J connectivity index is 1.51. The molecule has 4 rings (SSSR count). The van der Waals surface area contributed by atoms with Gasteiger partial charge in [-0.15, -0.1) is 0 Å². The topological polar surface area (TPSA) is 50.2 Å².